The van der Waals surface area contributed by atoms with Crippen LogP contribution in [0.4, 0.5) is 0 Å². The van der Waals surface area contributed by atoms with E-state index >= 15 is 0 Å². The molecule has 0 saturated heterocycles. The van der Waals surface area contributed by atoms with Gasteiger partial charge in [-0.2, -0.15) is 0 Å². The van der Waals surface area contributed by atoms with E-state index < -0.39 is 11.5 Å². The van der Waals surface area contributed by atoms with Gasteiger partial charge in [0, 0.05) is 5.92 Å². The van der Waals surface area contributed by atoms with E-state index in [-0.39, 0.29) is 11.8 Å². The summed E-state index contributed by atoms with van der Waals surface area (Å²) in [6.45, 7) is 2.16. The Kier molecular flexibility index (Phi) is 3.51. The predicted octanol–water partition coefficient (Wildman–Crippen LogP) is 2.57. The van der Waals surface area contributed by atoms with Crippen LogP contribution in [0.2, 0.25) is 0 Å². The summed E-state index contributed by atoms with van der Waals surface area (Å²) in [5.41, 5.74) is -0.991. The number of amides is 1. The summed E-state index contributed by atoms with van der Waals surface area (Å²) in [5, 5.41) is 12.5. The summed E-state index contributed by atoms with van der Waals surface area (Å²) in [6.07, 6.45) is 7.71. The lowest BCUT2D eigenvalue weighted by molar-refractivity contribution is -0.150. The molecule has 3 aliphatic rings. The van der Waals surface area contributed by atoms with Crippen LogP contribution in [-0.4, -0.2) is 22.5 Å². The molecule has 4 nitrogen and oxygen atoms in total. The van der Waals surface area contributed by atoms with Gasteiger partial charge in [0.05, 0.1) is 0 Å². The second kappa shape index (κ2) is 5.05. The van der Waals surface area contributed by atoms with Crippen LogP contribution in [0.3, 0.4) is 0 Å². The summed E-state index contributed by atoms with van der Waals surface area (Å²) < 4.78 is 0. The highest BCUT2D eigenvalue weighted by atomic mass is 16.4. The van der Waals surface area contributed by atoms with Crippen LogP contribution in [0, 0.1) is 23.7 Å². The smallest absolute Gasteiger partial charge is 0.329 e. The van der Waals surface area contributed by atoms with E-state index in [0.717, 1.165) is 25.7 Å². The Balaban J connectivity index is 1.65. The molecule has 2 N–H and O–H groups in total. The van der Waals surface area contributed by atoms with Gasteiger partial charge in [0.25, 0.3) is 0 Å². The van der Waals surface area contributed by atoms with Crippen molar-refractivity contribution >= 4 is 11.9 Å². The number of hydrogen-bond acceptors (Lipinski definition) is 2. The topological polar surface area (TPSA) is 66.4 Å². The zero-order valence-electron chi connectivity index (χ0n) is 12.2. The van der Waals surface area contributed by atoms with E-state index in [9.17, 15) is 14.7 Å². The molecule has 3 fully saturated rings. The van der Waals surface area contributed by atoms with Gasteiger partial charge >= 0.3 is 5.97 Å². The van der Waals surface area contributed by atoms with Crippen LogP contribution in [-0.2, 0) is 9.59 Å². The molecule has 3 aliphatic carbocycles. The average Bonchev–Trinajstić information content (AvgIpc) is 3.15. The summed E-state index contributed by atoms with van der Waals surface area (Å²) in [4.78, 5) is 24.1. The summed E-state index contributed by atoms with van der Waals surface area (Å²) >= 11 is 0. The molecule has 0 heterocycles. The lowest BCUT2D eigenvalue weighted by Crippen LogP contribution is -2.56. The van der Waals surface area contributed by atoms with Crippen LogP contribution in [0.5, 0.6) is 0 Å². The Bertz CT molecular complexity index is 400. The highest BCUT2D eigenvalue weighted by molar-refractivity contribution is 5.89. The summed E-state index contributed by atoms with van der Waals surface area (Å²) in [5.74, 6) is 0.922. The largest absolute Gasteiger partial charge is 0.480 e. The zero-order valence-corrected chi connectivity index (χ0v) is 12.2. The van der Waals surface area contributed by atoms with Gasteiger partial charge < -0.3 is 10.4 Å². The Labute approximate surface area is 120 Å². The van der Waals surface area contributed by atoms with Crippen molar-refractivity contribution < 1.29 is 14.7 Å². The fourth-order valence-electron chi connectivity index (χ4n) is 4.35. The molecule has 0 spiro atoms. The Morgan fingerprint density at radius 2 is 1.60 bits per heavy atom. The van der Waals surface area contributed by atoms with Gasteiger partial charge in [-0.3, -0.25) is 4.79 Å². The summed E-state index contributed by atoms with van der Waals surface area (Å²) in [6, 6.07) is 0. The lowest BCUT2D eigenvalue weighted by atomic mass is 9.77. The maximum Gasteiger partial charge on any atom is 0.329 e. The van der Waals surface area contributed by atoms with Crippen molar-refractivity contribution in [2.45, 2.75) is 63.8 Å². The van der Waals surface area contributed by atoms with Crippen LogP contribution in [0.25, 0.3) is 0 Å². The van der Waals surface area contributed by atoms with E-state index in [4.69, 9.17) is 0 Å². The minimum absolute atomic E-state index is 0.0128. The number of carboxylic acids is 1. The van der Waals surface area contributed by atoms with E-state index in [1.165, 1.54) is 12.8 Å². The number of carbonyl (C=O) groups excluding carboxylic acids is 1. The SMILES string of the molecule is CC1CCC(NC(=O)C2C3CCCCC32)(C(=O)O)CC1. The molecule has 0 aromatic heterocycles. The van der Waals surface area contributed by atoms with Crippen LogP contribution in [0.1, 0.15) is 58.3 Å². The van der Waals surface area contributed by atoms with E-state index in [1.807, 2.05) is 0 Å². The minimum atomic E-state index is -0.991. The first-order valence-electron chi connectivity index (χ1n) is 8.09. The van der Waals surface area contributed by atoms with Gasteiger partial charge in [0.2, 0.25) is 5.91 Å². The first kappa shape index (κ1) is 13.9. The molecule has 3 rings (SSSR count). The molecule has 2 atom stereocenters. The van der Waals surface area contributed by atoms with E-state index in [0.29, 0.717) is 30.6 Å². The van der Waals surface area contributed by atoms with Crippen molar-refractivity contribution in [3.05, 3.63) is 0 Å². The molecule has 0 aliphatic heterocycles. The number of fused-ring (bicyclic) bond motifs is 1. The van der Waals surface area contributed by atoms with Crippen LogP contribution < -0.4 is 5.32 Å². The third-order valence-electron chi connectivity index (χ3n) is 5.86. The molecule has 0 bridgehead atoms. The zero-order chi connectivity index (χ0) is 14.3. The lowest BCUT2D eigenvalue weighted by Gasteiger charge is -2.36. The molecular formula is C16H25NO3. The fraction of sp³-hybridized carbons (Fsp3) is 0.875. The molecule has 112 valence electrons. The molecular weight excluding hydrogens is 254 g/mol. The van der Waals surface area contributed by atoms with Gasteiger partial charge in [0.15, 0.2) is 0 Å². The summed E-state index contributed by atoms with van der Waals surface area (Å²) in [7, 11) is 0. The van der Waals surface area contributed by atoms with Crippen molar-refractivity contribution in [2.24, 2.45) is 23.7 Å². The molecule has 0 radical (unpaired) electrons. The number of hydrogen-bond donors (Lipinski definition) is 2. The first-order chi connectivity index (χ1) is 9.53. The van der Waals surface area contributed by atoms with Gasteiger partial charge in [-0.1, -0.05) is 19.8 Å². The molecule has 0 aromatic carbocycles. The normalized spacial score (nSPS) is 43.5. The van der Waals surface area contributed by atoms with Crippen molar-refractivity contribution in [2.75, 3.05) is 0 Å². The second-order valence-corrected chi connectivity index (χ2v) is 7.20. The van der Waals surface area contributed by atoms with Gasteiger partial charge in [-0.05, 0) is 56.3 Å². The quantitative estimate of drug-likeness (QED) is 0.834. The Hall–Kier alpha value is -1.06. The fourth-order valence-corrected chi connectivity index (χ4v) is 4.35. The highest BCUT2D eigenvalue weighted by Gasteiger charge is 2.56. The molecule has 0 aromatic rings. The number of nitrogens with one attached hydrogen (secondary N) is 1. The molecule has 2 unspecified atom stereocenters. The average molecular weight is 279 g/mol. The van der Waals surface area contributed by atoms with Gasteiger partial charge in [-0.15, -0.1) is 0 Å². The van der Waals surface area contributed by atoms with Crippen molar-refractivity contribution in [3.8, 4) is 0 Å². The first-order valence-corrected chi connectivity index (χ1v) is 8.09. The minimum Gasteiger partial charge on any atom is -0.480 e. The van der Waals surface area contributed by atoms with Crippen molar-refractivity contribution in [1.29, 1.82) is 0 Å². The van der Waals surface area contributed by atoms with Crippen LogP contribution >= 0.6 is 0 Å². The van der Waals surface area contributed by atoms with Crippen molar-refractivity contribution in [1.82, 2.24) is 5.32 Å². The highest BCUT2D eigenvalue weighted by Crippen LogP contribution is 2.55. The van der Waals surface area contributed by atoms with Gasteiger partial charge in [0.1, 0.15) is 5.54 Å². The molecule has 1 amide bonds. The number of rotatable bonds is 3. The van der Waals surface area contributed by atoms with Crippen LogP contribution in [0.15, 0.2) is 0 Å². The monoisotopic (exact) mass is 279 g/mol. The maximum atomic E-state index is 12.5. The van der Waals surface area contributed by atoms with Crippen molar-refractivity contribution in [3.63, 3.8) is 0 Å². The number of carboxylic acid groups (broad SMARTS) is 1. The van der Waals surface area contributed by atoms with Gasteiger partial charge in [-0.25, -0.2) is 4.79 Å². The molecule has 4 heteroatoms. The molecule has 20 heavy (non-hydrogen) atoms. The third-order valence-corrected chi connectivity index (χ3v) is 5.86. The van der Waals surface area contributed by atoms with E-state index in [1.54, 1.807) is 0 Å². The maximum absolute atomic E-state index is 12.5. The molecule has 3 saturated carbocycles. The van der Waals surface area contributed by atoms with E-state index in [2.05, 4.69) is 12.2 Å². The Morgan fingerprint density at radius 3 is 2.10 bits per heavy atom. The predicted molar refractivity (Wildman–Crippen MR) is 75.1 cm³/mol. The Morgan fingerprint density at radius 1 is 1.05 bits per heavy atom. The third kappa shape index (κ3) is 2.33. The number of aliphatic carboxylic acids is 1. The second-order valence-electron chi connectivity index (χ2n) is 7.20. The standard InChI is InChI=1S/C16H25NO3/c1-10-6-8-16(9-7-10,15(19)20)17-14(18)13-11-4-2-3-5-12(11)13/h10-13H,2-9H2,1H3,(H,17,18)(H,19,20). The number of carbonyl (C=O) groups is 2.